The van der Waals surface area contributed by atoms with E-state index in [2.05, 4.69) is 10.9 Å². The highest BCUT2D eigenvalue weighted by molar-refractivity contribution is 8.23. The monoisotopic (exact) mass is 413 g/mol. The van der Waals surface area contributed by atoms with Crippen LogP contribution in [0.2, 0.25) is 0 Å². The quantitative estimate of drug-likeness (QED) is 0.389. The third-order valence-electron chi connectivity index (χ3n) is 4.01. The van der Waals surface area contributed by atoms with Gasteiger partial charge in [-0.05, 0) is 37.8 Å². The number of thiocarbonyl (C=S) groups is 1. The summed E-state index contributed by atoms with van der Waals surface area (Å²) in [4.78, 5) is 38.9. The highest BCUT2D eigenvalue weighted by Gasteiger charge is 2.25. The second kappa shape index (κ2) is 10.0. The number of thiophene rings is 1. The van der Waals surface area contributed by atoms with E-state index in [4.69, 9.17) is 12.2 Å². The Morgan fingerprint density at radius 3 is 2.65 bits per heavy atom. The van der Waals surface area contributed by atoms with Gasteiger partial charge in [0.15, 0.2) is 0 Å². The van der Waals surface area contributed by atoms with Crippen LogP contribution >= 0.6 is 35.3 Å². The van der Waals surface area contributed by atoms with Crippen molar-refractivity contribution in [3.8, 4) is 0 Å². The number of amides is 3. The minimum absolute atomic E-state index is 0.0653. The average Bonchev–Trinajstić information content (AvgIpc) is 3.15. The standard InChI is InChI=1S/C17H23N3O3S3/c1-3-12-11(2)9-13(26-12)16(23)19-18-14(21)7-5-4-6-8-20-15(22)10-25-17(20)24/h9H,3-8,10H2,1-2H3,(H,18,21)(H,19,23). The first-order chi connectivity index (χ1) is 12.4. The van der Waals surface area contributed by atoms with E-state index in [9.17, 15) is 14.4 Å². The Morgan fingerprint density at radius 1 is 1.27 bits per heavy atom. The second-order valence-corrected chi connectivity index (χ2v) is 8.73. The maximum Gasteiger partial charge on any atom is 0.279 e. The molecule has 142 valence electrons. The van der Waals surface area contributed by atoms with Crippen LogP contribution in [0.1, 0.15) is 52.7 Å². The molecule has 0 bridgehead atoms. The van der Waals surface area contributed by atoms with Crippen LogP contribution in [-0.2, 0) is 16.0 Å². The second-order valence-electron chi connectivity index (χ2n) is 5.98. The van der Waals surface area contributed by atoms with E-state index < -0.39 is 0 Å². The van der Waals surface area contributed by atoms with Crippen molar-refractivity contribution < 1.29 is 14.4 Å². The van der Waals surface area contributed by atoms with E-state index in [1.807, 2.05) is 19.9 Å². The molecule has 6 nitrogen and oxygen atoms in total. The predicted molar refractivity (Wildman–Crippen MR) is 109 cm³/mol. The molecule has 1 aromatic heterocycles. The normalized spacial score (nSPS) is 14.0. The van der Waals surface area contributed by atoms with Crippen molar-refractivity contribution >= 4 is 57.4 Å². The zero-order valence-electron chi connectivity index (χ0n) is 14.9. The third kappa shape index (κ3) is 5.78. The van der Waals surface area contributed by atoms with Gasteiger partial charge in [0.1, 0.15) is 4.32 Å². The van der Waals surface area contributed by atoms with E-state index in [1.165, 1.54) is 28.0 Å². The molecule has 0 aromatic carbocycles. The summed E-state index contributed by atoms with van der Waals surface area (Å²) < 4.78 is 0.644. The van der Waals surface area contributed by atoms with Crippen LogP contribution < -0.4 is 10.9 Å². The van der Waals surface area contributed by atoms with Crippen LogP contribution in [0.5, 0.6) is 0 Å². The lowest BCUT2D eigenvalue weighted by molar-refractivity contribution is -0.124. The summed E-state index contributed by atoms with van der Waals surface area (Å²) >= 11 is 7.96. The number of unbranched alkanes of at least 4 members (excludes halogenated alkanes) is 2. The van der Waals surface area contributed by atoms with E-state index in [0.717, 1.165) is 24.8 Å². The molecule has 1 aliphatic heterocycles. The van der Waals surface area contributed by atoms with Crippen LogP contribution in [0.15, 0.2) is 6.07 Å². The van der Waals surface area contributed by atoms with E-state index in [0.29, 0.717) is 34.3 Å². The van der Waals surface area contributed by atoms with Crippen molar-refractivity contribution in [1.29, 1.82) is 0 Å². The highest BCUT2D eigenvalue weighted by atomic mass is 32.2. The molecule has 0 spiro atoms. The van der Waals surface area contributed by atoms with Crippen LogP contribution in [0.4, 0.5) is 0 Å². The summed E-state index contributed by atoms with van der Waals surface area (Å²) in [5, 5.41) is 0. The number of rotatable bonds is 8. The number of nitrogens with zero attached hydrogens (tertiary/aromatic N) is 1. The third-order valence-corrected chi connectivity index (χ3v) is 6.82. The number of hydrogen-bond acceptors (Lipinski definition) is 6. The molecule has 2 heterocycles. The molecule has 0 atom stereocenters. The van der Waals surface area contributed by atoms with Crippen LogP contribution in [0, 0.1) is 6.92 Å². The van der Waals surface area contributed by atoms with Crippen LogP contribution in [0.3, 0.4) is 0 Å². The molecular formula is C17H23N3O3S3. The molecule has 26 heavy (non-hydrogen) atoms. The summed E-state index contributed by atoms with van der Waals surface area (Å²) in [6, 6.07) is 1.84. The van der Waals surface area contributed by atoms with Gasteiger partial charge in [-0.25, -0.2) is 0 Å². The molecule has 1 fully saturated rings. The SMILES string of the molecule is CCc1sc(C(=O)NNC(=O)CCCCCN2C(=O)CSC2=S)cc1C. The molecule has 1 aliphatic rings. The predicted octanol–water partition coefficient (Wildman–Crippen LogP) is 2.80. The molecule has 0 aliphatic carbocycles. The highest BCUT2D eigenvalue weighted by Crippen LogP contribution is 2.22. The molecule has 3 amide bonds. The first kappa shape index (κ1) is 20.9. The lowest BCUT2D eigenvalue weighted by Crippen LogP contribution is -2.41. The lowest BCUT2D eigenvalue weighted by atomic mass is 10.2. The molecular weight excluding hydrogens is 390 g/mol. The van der Waals surface area contributed by atoms with Crippen molar-refractivity contribution in [2.45, 2.75) is 46.0 Å². The molecule has 0 radical (unpaired) electrons. The molecule has 2 N–H and O–H groups in total. The van der Waals surface area contributed by atoms with E-state index >= 15 is 0 Å². The van der Waals surface area contributed by atoms with Crippen molar-refractivity contribution in [3.05, 3.63) is 21.4 Å². The maximum absolute atomic E-state index is 12.0. The summed E-state index contributed by atoms with van der Waals surface area (Å²) in [6.07, 6.45) is 3.55. The number of hydrazine groups is 1. The number of thioether (sulfide) groups is 1. The molecule has 1 aromatic rings. The fourth-order valence-electron chi connectivity index (χ4n) is 2.56. The number of hydrogen-bond donors (Lipinski definition) is 2. The average molecular weight is 414 g/mol. The van der Waals surface area contributed by atoms with E-state index in [1.54, 1.807) is 4.90 Å². The topological polar surface area (TPSA) is 78.5 Å². The van der Waals surface area contributed by atoms with Gasteiger partial charge in [0.25, 0.3) is 5.91 Å². The fourth-order valence-corrected chi connectivity index (χ4v) is 4.69. The van der Waals surface area contributed by atoms with Crippen molar-refractivity contribution in [2.75, 3.05) is 12.3 Å². The smallest absolute Gasteiger partial charge is 0.279 e. The zero-order chi connectivity index (χ0) is 19.1. The van der Waals surface area contributed by atoms with Gasteiger partial charge in [-0.3, -0.25) is 30.1 Å². The molecule has 2 rings (SSSR count). The minimum Gasteiger partial charge on any atom is -0.297 e. The van der Waals surface area contributed by atoms with Gasteiger partial charge < -0.3 is 0 Å². The van der Waals surface area contributed by atoms with Crippen LogP contribution in [-0.4, -0.2) is 39.2 Å². The number of aryl methyl sites for hydroxylation is 2. The first-order valence-electron chi connectivity index (χ1n) is 8.58. The van der Waals surface area contributed by atoms with E-state index in [-0.39, 0.29) is 17.7 Å². The lowest BCUT2D eigenvalue weighted by Gasteiger charge is -2.14. The van der Waals surface area contributed by atoms with Crippen molar-refractivity contribution in [1.82, 2.24) is 15.8 Å². The first-order valence-corrected chi connectivity index (χ1v) is 10.8. The van der Waals surface area contributed by atoms with Crippen molar-refractivity contribution in [3.63, 3.8) is 0 Å². The fraction of sp³-hybridized carbons (Fsp3) is 0.529. The molecule has 0 unspecified atom stereocenters. The largest absolute Gasteiger partial charge is 0.297 e. The summed E-state index contributed by atoms with van der Waals surface area (Å²) in [5.41, 5.74) is 6.01. The van der Waals surface area contributed by atoms with Gasteiger partial charge in [-0.15, -0.1) is 11.3 Å². The Bertz CT molecular complexity index is 687. The van der Waals surface area contributed by atoms with Gasteiger partial charge in [-0.1, -0.05) is 37.3 Å². The Labute approximate surface area is 167 Å². The van der Waals surface area contributed by atoms with Crippen molar-refractivity contribution in [2.24, 2.45) is 0 Å². The number of nitrogens with one attached hydrogen (secondary N) is 2. The Hall–Kier alpha value is -1.45. The molecule has 9 heteroatoms. The number of carbonyl (C=O) groups excluding carboxylic acids is 3. The van der Waals surface area contributed by atoms with Gasteiger partial charge in [-0.2, -0.15) is 0 Å². The molecule has 1 saturated heterocycles. The Kier molecular flexibility index (Phi) is 8.05. The zero-order valence-corrected chi connectivity index (χ0v) is 17.4. The Balaban J connectivity index is 1.60. The Morgan fingerprint density at radius 2 is 2.04 bits per heavy atom. The minimum atomic E-state index is -0.287. The van der Waals surface area contributed by atoms with Gasteiger partial charge >= 0.3 is 0 Å². The van der Waals surface area contributed by atoms with Gasteiger partial charge in [0.2, 0.25) is 11.8 Å². The van der Waals surface area contributed by atoms with Gasteiger partial charge in [0, 0.05) is 17.8 Å². The summed E-state index contributed by atoms with van der Waals surface area (Å²) in [6.45, 7) is 4.64. The number of carbonyl (C=O) groups is 3. The summed E-state index contributed by atoms with van der Waals surface area (Å²) in [7, 11) is 0. The summed E-state index contributed by atoms with van der Waals surface area (Å²) in [5.74, 6) is -0.00403. The molecule has 0 saturated carbocycles. The van der Waals surface area contributed by atoms with Crippen LogP contribution in [0.25, 0.3) is 0 Å². The van der Waals surface area contributed by atoms with Gasteiger partial charge in [0.05, 0.1) is 10.6 Å². The maximum atomic E-state index is 12.0.